The molecular formula is C26H37N3O3S. The summed E-state index contributed by atoms with van der Waals surface area (Å²) in [6.45, 7) is 4.68. The van der Waals surface area contributed by atoms with Crippen molar-refractivity contribution >= 4 is 15.9 Å². The molecule has 4 bridgehead atoms. The van der Waals surface area contributed by atoms with E-state index >= 15 is 0 Å². The number of piperidine rings is 1. The van der Waals surface area contributed by atoms with Crippen LogP contribution in [0.25, 0.3) is 0 Å². The molecule has 4 saturated carbocycles. The lowest BCUT2D eigenvalue weighted by atomic mass is 9.52. The van der Waals surface area contributed by atoms with Gasteiger partial charge >= 0.3 is 0 Å². The summed E-state index contributed by atoms with van der Waals surface area (Å²) >= 11 is 0. The van der Waals surface area contributed by atoms with Gasteiger partial charge in [-0.3, -0.25) is 9.69 Å². The number of amides is 1. The van der Waals surface area contributed by atoms with Crippen LogP contribution in [0.2, 0.25) is 0 Å². The number of hydrogen-bond acceptors (Lipinski definition) is 4. The van der Waals surface area contributed by atoms with Gasteiger partial charge in [0.2, 0.25) is 10.0 Å². The molecule has 2 aliphatic heterocycles. The van der Waals surface area contributed by atoms with Gasteiger partial charge in [0.05, 0.1) is 4.90 Å². The van der Waals surface area contributed by atoms with Crippen LogP contribution in [-0.2, 0) is 10.0 Å². The van der Waals surface area contributed by atoms with Crippen LogP contribution in [-0.4, -0.2) is 73.2 Å². The van der Waals surface area contributed by atoms with Gasteiger partial charge in [0, 0.05) is 50.4 Å². The molecule has 0 atom stereocenters. The van der Waals surface area contributed by atoms with Crippen molar-refractivity contribution < 1.29 is 13.2 Å². The van der Waals surface area contributed by atoms with Gasteiger partial charge in [-0.15, -0.1) is 0 Å². The molecule has 4 aliphatic carbocycles. The summed E-state index contributed by atoms with van der Waals surface area (Å²) in [5, 5.41) is 0. The lowest BCUT2D eigenvalue weighted by molar-refractivity contribution is -0.0987. The van der Waals surface area contributed by atoms with E-state index in [0.717, 1.165) is 63.2 Å². The SMILES string of the molecule is O=C(c1ccc(S(=O)(=O)N2CCCCC2)cc1)N1CCN(C23CC4CC(CC(C4)C2)C3)CC1. The third kappa shape index (κ3) is 3.94. The van der Waals surface area contributed by atoms with Crippen LogP contribution in [0.1, 0.15) is 68.1 Å². The second-order valence-electron chi connectivity index (χ2n) is 11.4. The summed E-state index contributed by atoms with van der Waals surface area (Å²) in [4.78, 5) is 18.2. The number of nitrogens with zero attached hydrogens (tertiary/aromatic N) is 3. The highest BCUT2D eigenvalue weighted by atomic mass is 32.2. The Balaban J connectivity index is 1.09. The zero-order valence-electron chi connectivity index (χ0n) is 19.6. The van der Waals surface area contributed by atoms with Gasteiger partial charge in [0.15, 0.2) is 0 Å². The third-order valence-corrected chi connectivity index (χ3v) is 11.2. The average Bonchev–Trinajstić information content (AvgIpc) is 2.83. The summed E-state index contributed by atoms with van der Waals surface area (Å²) in [5.74, 6) is 2.85. The van der Waals surface area contributed by atoms with Crippen molar-refractivity contribution in [2.75, 3.05) is 39.3 Å². The van der Waals surface area contributed by atoms with Crippen molar-refractivity contribution in [1.82, 2.24) is 14.1 Å². The molecule has 0 N–H and O–H groups in total. The number of benzene rings is 1. The van der Waals surface area contributed by atoms with Crippen LogP contribution in [0.15, 0.2) is 29.2 Å². The Morgan fingerprint density at radius 1 is 0.758 bits per heavy atom. The highest BCUT2D eigenvalue weighted by Gasteiger charge is 2.53. The van der Waals surface area contributed by atoms with Gasteiger partial charge in [-0.05, 0) is 93.4 Å². The van der Waals surface area contributed by atoms with Gasteiger partial charge in [0.1, 0.15) is 0 Å². The monoisotopic (exact) mass is 471 g/mol. The summed E-state index contributed by atoms with van der Waals surface area (Å²) in [5.41, 5.74) is 1.00. The van der Waals surface area contributed by atoms with E-state index in [4.69, 9.17) is 0 Å². The number of carbonyl (C=O) groups excluding carboxylic acids is 1. The fraction of sp³-hybridized carbons (Fsp3) is 0.731. The largest absolute Gasteiger partial charge is 0.336 e. The van der Waals surface area contributed by atoms with Gasteiger partial charge in [-0.2, -0.15) is 4.31 Å². The Morgan fingerprint density at radius 3 is 1.85 bits per heavy atom. The Bertz CT molecular complexity index is 957. The van der Waals surface area contributed by atoms with Crippen molar-refractivity contribution in [3.8, 4) is 0 Å². The quantitative estimate of drug-likeness (QED) is 0.673. The van der Waals surface area contributed by atoms with Crippen molar-refractivity contribution in [1.29, 1.82) is 0 Å². The maximum absolute atomic E-state index is 13.2. The molecule has 6 nitrogen and oxygen atoms in total. The Morgan fingerprint density at radius 2 is 1.30 bits per heavy atom. The maximum Gasteiger partial charge on any atom is 0.253 e. The minimum absolute atomic E-state index is 0.0297. The molecule has 0 unspecified atom stereocenters. The van der Waals surface area contributed by atoms with Crippen LogP contribution in [0, 0.1) is 17.8 Å². The topological polar surface area (TPSA) is 60.9 Å². The first-order valence-electron chi connectivity index (χ1n) is 13.1. The predicted molar refractivity (Wildman–Crippen MR) is 127 cm³/mol. The minimum atomic E-state index is -3.46. The third-order valence-electron chi connectivity index (χ3n) is 9.30. The summed E-state index contributed by atoms with van der Waals surface area (Å²) in [6.07, 6.45) is 11.4. The van der Waals surface area contributed by atoms with Crippen LogP contribution in [0.4, 0.5) is 0 Å². The molecule has 2 heterocycles. The first kappa shape index (κ1) is 22.1. The number of sulfonamides is 1. The molecule has 6 aliphatic rings. The average molecular weight is 472 g/mol. The molecule has 33 heavy (non-hydrogen) atoms. The Kier molecular flexibility index (Phi) is 5.58. The molecule has 0 radical (unpaired) electrons. The zero-order valence-corrected chi connectivity index (χ0v) is 20.4. The van der Waals surface area contributed by atoms with Crippen LogP contribution in [0.3, 0.4) is 0 Å². The second-order valence-corrected chi connectivity index (χ2v) is 13.3. The number of carbonyl (C=O) groups is 1. The molecule has 6 fully saturated rings. The predicted octanol–water partition coefficient (Wildman–Crippen LogP) is 3.59. The Hall–Kier alpha value is -1.44. The van der Waals surface area contributed by atoms with Crippen molar-refractivity contribution in [2.24, 2.45) is 17.8 Å². The first-order valence-corrected chi connectivity index (χ1v) is 14.5. The van der Waals surface area contributed by atoms with E-state index in [2.05, 4.69) is 4.90 Å². The van der Waals surface area contributed by atoms with Crippen molar-refractivity contribution in [2.45, 2.75) is 68.2 Å². The van der Waals surface area contributed by atoms with Crippen LogP contribution in [0.5, 0.6) is 0 Å². The van der Waals surface area contributed by atoms with E-state index in [1.807, 2.05) is 4.90 Å². The first-order chi connectivity index (χ1) is 15.9. The van der Waals surface area contributed by atoms with E-state index < -0.39 is 10.0 Å². The van der Waals surface area contributed by atoms with Gasteiger partial charge < -0.3 is 4.90 Å². The van der Waals surface area contributed by atoms with Crippen LogP contribution >= 0.6 is 0 Å². The summed E-state index contributed by atoms with van der Waals surface area (Å²) in [6, 6.07) is 6.63. The van der Waals surface area contributed by atoms with E-state index in [-0.39, 0.29) is 5.91 Å². The fourth-order valence-electron chi connectivity index (χ4n) is 8.04. The van der Waals surface area contributed by atoms with Gasteiger partial charge in [0.25, 0.3) is 5.91 Å². The van der Waals surface area contributed by atoms with Gasteiger partial charge in [-0.1, -0.05) is 6.42 Å². The maximum atomic E-state index is 13.2. The standard InChI is InChI=1S/C26H37N3O3S/c30-25(23-4-6-24(7-5-23)33(31,32)29-8-2-1-3-9-29)27-10-12-28(13-11-27)26-17-20-14-21(18-26)16-22(15-20)19-26/h4-7,20-22H,1-3,8-19H2. The lowest BCUT2D eigenvalue weighted by Crippen LogP contribution is -2.64. The van der Waals surface area contributed by atoms with Gasteiger partial charge in [-0.25, -0.2) is 8.42 Å². The highest BCUT2D eigenvalue weighted by molar-refractivity contribution is 7.89. The van der Waals surface area contributed by atoms with Crippen molar-refractivity contribution in [3.63, 3.8) is 0 Å². The molecule has 0 aromatic heterocycles. The molecule has 0 spiro atoms. The van der Waals surface area contributed by atoms with Crippen LogP contribution < -0.4 is 0 Å². The zero-order chi connectivity index (χ0) is 22.6. The Labute approximate surface area is 198 Å². The number of hydrogen-bond donors (Lipinski definition) is 0. The normalized spacial score (nSPS) is 35.2. The van der Waals surface area contributed by atoms with E-state index in [9.17, 15) is 13.2 Å². The van der Waals surface area contributed by atoms with Crippen molar-refractivity contribution in [3.05, 3.63) is 29.8 Å². The fourth-order valence-corrected chi connectivity index (χ4v) is 9.56. The number of piperazine rings is 1. The molecule has 1 aromatic carbocycles. The molecule has 7 rings (SSSR count). The minimum Gasteiger partial charge on any atom is -0.336 e. The summed E-state index contributed by atoms with van der Waals surface area (Å²) in [7, 11) is -3.46. The molecular weight excluding hydrogens is 434 g/mol. The second kappa shape index (κ2) is 8.35. The molecule has 2 saturated heterocycles. The molecule has 180 valence electrons. The highest BCUT2D eigenvalue weighted by Crippen LogP contribution is 2.57. The molecule has 1 aromatic rings. The van der Waals surface area contributed by atoms with E-state index in [1.165, 1.54) is 38.5 Å². The van der Waals surface area contributed by atoms with E-state index in [0.29, 0.717) is 29.1 Å². The summed E-state index contributed by atoms with van der Waals surface area (Å²) < 4.78 is 27.4. The number of rotatable bonds is 4. The molecule has 1 amide bonds. The molecule has 7 heteroatoms. The smallest absolute Gasteiger partial charge is 0.253 e. The van der Waals surface area contributed by atoms with E-state index in [1.54, 1.807) is 28.6 Å². The lowest BCUT2D eigenvalue weighted by Gasteiger charge is -2.61.